The Hall–Kier alpha value is -0.370. The van der Waals surface area contributed by atoms with Crippen molar-refractivity contribution in [1.29, 1.82) is 0 Å². The summed E-state index contributed by atoms with van der Waals surface area (Å²) in [5, 5.41) is 8.15. The molecule has 1 aliphatic carbocycles. The minimum atomic E-state index is 0. The van der Waals surface area contributed by atoms with E-state index in [9.17, 15) is 0 Å². The molecule has 2 N–H and O–H groups in total. The first kappa shape index (κ1) is 20.7. The van der Waals surface area contributed by atoms with Gasteiger partial charge >= 0.3 is 0 Å². The molecule has 1 heterocycles. The number of aliphatic imine (C=N–C) groups is 1. The van der Waals surface area contributed by atoms with Crippen LogP contribution in [-0.4, -0.2) is 31.1 Å². The first-order valence-corrected chi connectivity index (χ1v) is 9.41. The molecule has 1 saturated carbocycles. The Morgan fingerprint density at radius 3 is 2.61 bits per heavy atom. The molecule has 0 radical (unpaired) electrons. The second kappa shape index (κ2) is 10.5. The number of nitrogens with zero attached hydrogens (tertiary/aromatic N) is 2. The van der Waals surface area contributed by atoms with Crippen LogP contribution < -0.4 is 10.6 Å². The maximum Gasteiger partial charge on any atom is 0.191 e. The number of aromatic nitrogens is 1. The van der Waals surface area contributed by atoms with Crippen LogP contribution in [0.3, 0.4) is 0 Å². The summed E-state index contributed by atoms with van der Waals surface area (Å²) in [6, 6.07) is 0. The van der Waals surface area contributed by atoms with Crippen LogP contribution in [0.5, 0.6) is 0 Å². The van der Waals surface area contributed by atoms with Gasteiger partial charge in [0.25, 0.3) is 0 Å². The zero-order chi connectivity index (χ0) is 15.8. The Morgan fingerprint density at radius 2 is 2.04 bits per heavy atom. The van der Waals surface area contributed by atoms with Crippen LogP contribution in [0.15, 0.2) is 11.2 Å². The molecule has 23 heavy (non-hydrogen) atoms. The summed E-state index contributed by atoms with van der Waals surface area (Å²) in [7, 11) is 1.85. The number of hydrogen-bond acceptors (Lipinski definition) is 3. The van der Waals surface area contributed by atoms with Gasteiger partial charge in [0.15, 0.2) is 5.96 Å². The Kier molecular flexibility index (Phi) is 9.43. The van der Waals surface area contributed by atoms with Gasteiger partial charge in [-0.05, 0) is 31.1 Å². The number of nitrogens with one attached hydrogen (secondary N) is 2. The molecule has 0 atom stereocenters. The van der Waals surface area contributed by atoms with Gasteiger partial charge in [-0.25, -0.2) is 4.98 Å². The van der Waals surface area contributed by atoms with E-state index >= 15 is 0 Å². The number of rotatable bonds is 7. The van der Waals surface area contributed by atoms with Gasteiger partial charge in [0, 0.05) is 37.6 Å². The molecule has 0 amide bonds. The predicted molar refractivity (Wildman–Crippen MR) is 111 cm³/mol. The van der Waals surface area contributed by atoms with Crippen molar-refractivity contribution in [2.75, 3.05) is 20.1 Å². The third-order valence-corrected chi connectivity index (χ3v) is 6.05. The lowest BCUT2D eigenvalue weighted by atomic mass is 9.83. The molecular formula is C17H31IN4S. The smallest absolute Gasteiger partial charge is 0.191 e. The van der Waals surface area contributed by atoms with Gasteiger partial charge in [-0.1, -0.05) is 26.7 Å². The Balaban J connectivity index is 0.00000264. The maximum absolute atomic E-state index is 4.46. The first-order chi connectivity index (χ1) is 10.7. The van der Waals surface area contributed by atoms with E-state index in [4.69, 9.17) is 0 Å². The molecule has 6 heteroatoms. The lowest BCUT2D eigenvalue weighted by Gasteiger charge is -2.28. The number of guanidine groups is 1. The summed E-state index contributed by atoms with van der Waals surface area (Å²) in [4.78, 5) is 10.2. The zero-order valence-electron chi connectivity index (χ0n) is 14.7. The SMILES string of the molecule is CCc1cnc(CCNC(=NC)NCC2(CC)CCCC2)s1.I. The number of halogens is 1. The molecule has 4 nitrogen and oxygen atoms in total. The highest BCUT2D eigenvalue weighted by molar-refractivity contribution is 14.0. The summed E-state index contributed by atoms with van der Waals surface area (Å²) >= 11 is 1.82. The average Bonchev–Trinajstić information content (AvgIpc) is 3.20. The van der Waals surface area contributed by atoms with Crippen molar-refractivity contribution >= 4 is 41.3 Å². The van der Waals surface area contributed by atoms with Crippen LogP contribution in [0.2, 0.25) is 0 Å². The van der Waals surface area contributed by atoms with Crippen molar-refractivity contribution in [3.63, 3.8) is 0 Å². The highest BCUT2D eigenvalue weighted by atomic mass is 127. The summed E-state index contributed by atoms with van der Waals surface area (Å²) in [6.45, 7) is 6.42. The Morgan fingerprint density at radius 1 is 1.30 bits per heavy atom. The molecule has 1 aromatic rings. The molecule has 1 fully saturated rings. The van der Waals surface area contributed by atoms with Crippen LogP contribution in [0.25, 0.3) is 0 Å². The molecule has 1 aliphatic rings. The Labute approximate surface area is 162 Å². The molecule has 0 bridgehead atoms. The number of hydrogen-bond donors (Lipinski definition) is 2. The maximum atomic E-state index is 4.46. The predicted octanol–water partition coefficient (Wildman–Crippen LogP) is 4.00. The number of aryl methyl sites for hydroxylation is 1. The fourth-order valence-electron chi connectivity index (χ4n) is 3.19. The van der Waals surface area contributed by atoms with Crippen molar-refractivity contribution in [2.24, 2.45) is 10.4 Å². The molecule has 132 valence electrons. The minimum Gasteiger partial charge on any atom is -0.356 e. The quantitative estimate of drug-likeness (QED) is 0.375. The van der Waals surface area contributed by atoms with Gasteiger partial charge < -0.3 is 10.6 Å². The van der Waals surface area contributed by atoms with Gasteiger partial charge in [0.05, 0.1) is 5.01 Å². The highest BCUT2D eigenvalue weighted by Crippen LogP contribution is 2.40. The minimum absolute atomic E-state index is 0. The van der Waals surface area contributed by atoms with Crippen molar-refractivity contribution in [2.45, 2.75) is 58.8 Å². The van der Waals surface area contributed by atoms with Crippen LogP contribution in [0.1, 0.15) is 55.8 Å². The average molecular weight is 450 g/mol. The van der Waals surface area contributed by atoms with Gasteiger partial charge in [0.1, 0.15) is 0 Å². The summed E-state index contributed by atoms with van der Waals surface area (Å²) < 4.78 is 0. The molecule has 0 aromatic carbocycles. The molecular weight excluding hydrogens is 419 g/mol. The van der Waals surface area contributed by atoms with Crippen LogP contribution in [0.4, 0.5) is 0 Å². The highest BCUT2D eigenvalue weighted by Gasteiger charge is 2.31. The van der Waals surface area contributed by atoms with E-state index in [-0.39, 0.29) is 24.0 Å². The summed E-state index contributed by atoms with van der Waals surface area (Å²) in [5.74, 6) is 0.923. The van der Waals surface area contributed by atoms with Crippen LogP contribution >= 0.6 is 35.3 Å². The van der Waals surface area contributed by atoms with E-state index in [2.05, 4.69) is 34.5 Å². The summed E-state index contributed by atoms with van der Waals surface area (Å²) in [6.07, 6.45) is 10.8. The van der Waals surface area contributed by atoms with E-state index in [1.54, 1.807) is 0 Å². The Bertz CT molecular complexity index is 481. The topological polar surface area (TPSA) is 49.3 Å². The van der Waals surface area contributed by atoms with Gasteiger partial charge in [-0.2, -0.15) is 0 Å². The monoisotopic (exact) mass is 450 g/mol. The largest absolute Gasteiger partial charge is 0.356 e. The number of thiazole rings is 1. The lowest BCUT2D eigenvalue weighted by Crippen LogP contribution is -2.43. The third kappa shape index (κ3) is 6.21. The fraction of sp³-hybridized carbons (Fsp3) is 0.765. The summed E-state index contributed by atoms with van der Waals surface area (Å²) in [5.41, 5.74) is 0.489. The van der Waals surface area contributed by atoms with Gasteiger partial charge in [-0.3, -0.25) is 4.99 Å². The zero-order valence-corrected chi connectivity index (χ0v) is 17.8. The second-order valence-corrected chi connectivity index (χ2v) is 7.44. The van der Waals surface area contributed by atoms with Crippen molar-refractivity contribution < 1.29 is 0 Å². The molecule has 0 aliphatic heterocycles. The van der Waals surface area contributed by atoms with Crippen LogP contribution in [0, 0.1) is 5.41 Å². The van der Waals surface area contributed by atoms with E-state index in [0.29, 0.717) is 5.41 Å². The standard InChI is InChI=1S/C17H30N4S.HI/c1-4-14-12-20-15(22-14)8-11-19-16(18-3)21-13-17(5-2)9-6-7-10-17;/h12H,4-11,13H2,1-3H3,(H2,18,19,21);1H. The molecule has 1 aromatic heterocycles. The van der Waals surface area contributed by atoms with E-state index in [1.165, 1.54) is 42.0 Å². The van der Waals surface area contributed by atoms with Crippen molar-refractivity contribution in [1.82, 2.24) is 15.6 Å². The van der Waals surface area contributed by atoms with E-state index in [0.717, 1.165) is 31.9 Å². The molecule has 0 unspecified atom stereocenters. The normalized spacial score (nSPS) is 16.9. The van der Waals surface area contributed by atoms with Gasteiger partial charge in [-0.15, -0.1) is 35.3 Å². The van der Waals surface area contributed by atoms with Crippen molar-refractivity contribution in [3.8, 4) is 0 Å². The van der Waals surface area contributed by atoms with Crippen LogP contribution in [-0.2, 0) is 12.8 Å². The third-order valence-electron chi connectivity index (χ3n) is 4.85. The molecule has 2 rings (SSSR count). The fourth-order valence-corrected chi connectivity index (χ4v) is 4.05. The van der Waals surface area contributed by atoms with Crippen molar-refractivity contribution in [3.05, 3.63) is 16.1 Å². The lowest BCUT2D eigenvalue weighted by molar-refractivity contribution is 0.283. The molecule has 0 saturated heterocycles. The molecule has 0 spiro atoms. The van der Waals surface area contributed by atoms with Gasteiger partial charge in [0.2, 0.25) is 0 Å². The van der Waals surface area contributed by atoms with E-state index < -0.39 is 0 Å². The van der Waals surface area contributed by atoms with E-state index in [1.807, 2.05) is 24.6 Å². The first-order valence-electron chi connectivity index (χ1n) is 8.59. The second-order valence-electron chi connectivity index (χ2n) is 6.24.